The van der Waals surface area contributed by atoms with Crippen LogP contribution in [0.1, 0.15) is 10.4 Å². The lowest BCUT2D eigenvalue weighted by Gasteiger charge is -2.05. The summed E-state index contributed by atoms with van der Waals surface area (Å²) in [6.45, 7) is 0. The van der Waals surface area contributed by atoms with Crippen LogP contribution in [0.15, 0.2) is 30.3 Å². The Morgan fingerprint density at radius 2 is 1.94 bits per heavy atom. The zero-order chi connectivity index (χ0) is 11.7. The summed E-state index contributed by atoms with van der Waals surface area (Å²) in [7, 11) is 1.55. The summed E-state index contributed by atoms with van der Waals surface area (Å²) in [4.78, 5) is 10.8. The maximum absolute atomic E-state index is 10.8. The molecule has 4 nitrogen and oxygen atoms in total. The molecule has 2 N–H and O–H groups in total. The van der Waals surface area contributed by atoms with E-state index in [0.29, 0.717) is 5.75 Å². The fraction of sp³-hybridized carbons (Fsp3) is 0.0833. The van der Waals surface area contributed by atoms with Crippen LogP contribution in [0.4, 0.5) is 0 Å². The number of carbonyl (C=O) groups is 1. The summed E-state index contributed by atoms with van der Waals surface area (Å²) < 4.78 is 5.04. The van der Waals surface area contributed by atoms with Crippen molar-refractivity contribution >= 4 is 16.7 Å². The van der Waals surface area contributed by atoms with Gasteiger partial charge in [0.15, 0.2) is 0 Å². The first-order chi connectivity index (χ1) is 7.61. The van der Waals surface area contributed by atoms with Gasteiger partial charge in [0.25, 0.3) is 0 Å². The number of phenols is 1. The Morgan fingerprint density at radius 3 is 2.56 bits per heavy atom. The Balaban J connectivity index is 2.68. The number of fused-ring (bicyclic) bond motifs is 1. The fourth-order valence-corrected chi connectivity index (χ4v) is 1.56. The molecule has 0 saturated carbocycles. The average Bonchev–Trinajstić information content (AvgIpc) is 2.27. The highest BCUT2D eigenvalue weighted by Crippen LogP contribution is 2.27. The third kappa shape index (κ3) is 1.65. The number of aromatic carboxylic acids is 1. The molecular formula is C12H10O4. The standard InChI is InChI=1S/C12H10O4/c1-16-9-3-2-7-5-10(12(14)15)11(13)6-8(7)4-9/h2-6,13H,1H3,(H,14,15). The SMILES string of the molecule is COc1ccc2cc(C(=O)O)c(O)cc2c1. The molecule has 82 valence electrons. The van der Waals surface area contributed by atoms with Gasteiger partial charge in [-0.05, 0) is 35.0 Å². The van der Waals surface area contributed by atoms with Crippen molar-refractivity contribution in [2.45, 2.75) is 0 Å². The molecule has 0 aliphatic heterocycles. The number of rotatable bonds is 2. The topological polar surface area (TPSA) is 66.8 Å². The molecule has 0 saturated heterocycles. The molecule has 0 aromatic heterocycles. The highest BCUT2D eigenvalue weighted by Gasteiger charge is 2.10. The number of methoxy groups -OCH3 is 1. The van der Waals surface area contributed by atoms with Crippen molar-refractivity contribution in [3.63, 3.8) is 0 Å². The summed E-state index contributed by atoms with van der Waals surface area (Å²) in [6, 6.07) is 8.08. The third-order valence-corrected chi connectivity index (χ3v) is 2.39. The number of aromatic hydroxyl groups is 1. The lowest BCUT2D eigenvalue weighted by molar-refractivity contribution is 0.0694. The van der Waals surface area contributed by atoms with E-state index in [1.165, 1.54) is 12.1 Å². The minimum Gasteiger partial charge on any atom is -0.507 e. The minimum atomic E-state index is -1.14. The van der Waals surface area contributed by atoms with E-state index in [2.05, 4.69) is 0 Å². The molecule has 0 aliphatic carbocycles. The largest absolute Gasteiger partial charge is 0.507 e. The molecule has 16 heavy (non-hydrogen) atoms. The molecule has 0 spiro atoms. The fourth-order valence-electron chi connectivity index (χ4n) is 1.56. The Morgan fingerprint density at radius 1 is 1.19 bits per heavy atom. The second-order valence-corrected chi connectivity index (χ2v) is 3.39. The molecule has 0 heterocycles. The first-order valence-corrected chi connectivity index (χ1v) is 4.66. The Labute approximate surface area is 91.7 Å². The predicted molar refractivity (Wildman–Crippen MR) is 59.1 cm³/mol. The number of hydrogen-bond acceptors (Lipinski definition) is 3. The summed E-state index contributed by atoms with van der Waals surface area (Å²) in [5.74, 6) is -0.724. The van der Waals surface area contributed by atoms with Gasteiger partial charge >= 0.3 is 5.97 Å². The van der Waals surface area contributed by atoms with Crippen LogP contribution in [0, 0.1) is 0 Å². The van der Waals surface area contributed by atoms with Gasteiger partial charge in [-0.2, -0.15) is 0 Å². The highest BCUT2D eigenvalue weighted by atomic mass is 16.5. The lowest BCUT2D eigenvalue weighted by Crippen LogP contribution is -1.96. The van der Waals surface area contributed by atoms with Crippen LogP contribution < -0.4 is 4.74 Å². The summed E-state index contributed by atoms with van der Waals surface area (Å²) in [6.07, 6.45) is 0. The minimum absolute atomic E-state index is 0.0994. The summed E-state index contributed by atoms with van der Waals surface area (Å²) >= 11 is 0. The second kappa shape index (κ2) is 3.73. The third-order valence-electron chi connectivity index (χ3n) is 2.39. The van der Waals surface area contributed by atoms with Crippen molar-refractivity contribution < 1.29 is 19.7 Å². The molecule has 0 radical (unpaired) electrons. The monoisotopic (exact) mass is 218 g/mol. The molecule has 0 atom stereocenters. The summed E-state index contributed by atoms with van der Waals surface area (Å²) in [5, 5.41) is 19.8. The van der Waals surface area contributed by atoms with E-state index >= 15 is 0 Å². The van der Waals surface area contributed by atoms with E-state index in [1.54, 1.807) is 25.3 Å². The Hall–Kier alpha value is -2.23. The number of ether oxygens (including phenoxy) is 1. The average molecular weight is 218 g/mol. The van der Waals surface area contributed by atoms with Gasteiger partial charge in [0, 0.05) is 0 Å². The van der Waals surface area contributed by atoms with Gasteiger partial charge in [0.05, 0.1) is 7.11 Å². The van der Waals surface area contributed by atoms with Gasteiger partial charge in [0.2, 0.25) is 0 Å². The molecular weight excluding hydrogens is 208 g/mol. The van der Waals surface area contributed by atoms with Crippen molar-refractivity contribution in [1.82, 2.24) is 0 Å². The molecule has 0 amide bonds. The van der Waals surface area contributed by atoms with Crippen LogP contribution in [0.3, 0.4) is 0 Å². The number of carboxylic acids is 1. The van der Waals surface area contributed by atoms with Gasteiger partial charge in [-0.3, -0.25) is 0 Å². The number of benzene rings is 2. The molecule has 2 rings (SSSR count). The van der Waals surface area contributed by atoms with Crippen LogP contribution in [0.2, 0.25) is 0 Å². The lowest BCUT2D eigenvalue weighted by atomic mass is 10.1. The molecule has 2 aromatic carbocycles. The molecule has 2 aromatic rings. The van der Waals surface area contributed by atoms with Crippen LogP contribution in [-0.2, 0) is 0 Å². The Bertz CT molecular complexity index is 560. The van der Waals surface area contributed by atoms with Crippen molar-refractivity contribution in [2.24, 2.45) is 0 Å². The molecule has 0 aliphatic rings. The van der Waals surface area contributed by atoms with Crippen LogP contribution in [-0.4, -0.2) is 23.3 Å². The smallest absolute Gasteiger partial charge is 0.339 e. The maximum atomic E-state index is 10.8. The van der Waals surface area contributed by atoms with Crippen LogP contribution in [0.5, 0.6) is 11.5 Å². The second-order valence-electron chi connectivity index (χ2n) is 3.39. The van der Waals surface area contributed by atoms with Crippen LogP contribution in [0.25, 0.3) is 10.8 Å². The van der Waals surface area contributed by atoms with E-state index in [4.69, 9.17) is 9.84 Å². The quantitative estimate of drug-likeness (QED) is 0.811. The van der Waals surface area contributed by atoms with E-state index in [9.17, 15) is 9.90 Å². The number of carboxylic acid groups (broad SMARTS) is 1. The van der Waals surface area contributed by atoms with E-state index in [-0.39, 0.29) is 11.3 Å². The first kappa shape index (κ1) is 10.3. The summed E-state index contributed by atoms with van der Waals surface area (Å²) in [5.41, 5.74) is -0.0994. The number of hydrogen-bond donors (Lipinski definition) is 2. The molecule has 4 heteroatoms. The molecule has 0 bridgehead atoms. The normalized spacial score (nSPS) is 10.3. The van der Waals surface area contributed by atoms with Crippen molar-refractivity contribution in [3.8, 4) is 11.5 Å². The zero-order valence-corrected chi connectivity index (χ0v) is 8.60. The van der Waals surface area contributed by atoms with E-state index in [1.807, 2.05) is 0 Å². The molecule has 0 unspecified atom stereocenters. The van der Waals surface area contributed by atoms with Gasteiger partial charge in [-0.1, -0.05) is 6.07 Å². The molecule has 0 fully saturated rings. The zero-order valence-electron chi connectivity index (χ0n) is 8.60. The van der Waals surface area contributed by atoms with Gasteiger partial charge < -0.3 is 14.9 Å². The van der Waals surface area contributed by atoms with Crippen molar-refractivity contribution in [3.05, 3.63) is 35.9 Å². The first-order valence-electron chi connectivity index (χ1n) is 4.66. The van der Waals surface area contributed by atoms with Gasteiger partial charge in [0.1, 0.15) is 17.1 Å². The van der Waals surface area contributed by atoms with Gasteiger partial charge in [-0.25, -0.2) is 4.79 Å². The van der Waals surface area contributed by atoms with E-state index < -0.39 is 5.97 Å². The maximum Gasteiger partial charge on any atom is 0.339 e. The predicted octanol–water partition coefficient (Wildman–Crippen LogP) is 2.25. The van der Waals surface area contributed by atoms with E-state index in [0.717, 1.165) is 10.8 Å². The van der Waals surface area contributed by atoms with Crippen molar-refractivity contribution in [2.75, 3.05) is 7.11 Å². The van der Waals surface area contributed by atoms with Gasteiger partial charge in [-0.15, -0.1) is 0 Å². The van der Waals surface area contributed by atoms with Crippen molar-refractivity contribution in [1.29, 1.82) is 0 Å². The van der Waals surface area contributed by atoms with Crippen LogP contribution >= 0.6 is 0 Å². The highest BCUT2D eigenvalue weighted by molar-refractivity contribution is 5.97. The Kier molecular flexibility index (Phi) is 2.40.